The summed E-state index contributed by atoms with van der Waals surface area (Å²) in [6.07, 6.45) is 0. The van der Waals surface area contributed by atoms with Gasteiger partial charge in [0.15, 0.2) is 0 Å². The van der Waals surface area contributed by atoms with Gasteiger partial charge in [0.1, 0.15) is 11.0 Å². The largest absolute Gasteiger partial charge is 0.187 e. The summed E-state index contributed by atoms with van der Waals surface area (Å²) in [5.74, 6) is 0. The van der Waals surface area contributed by atoms with Crippen molar-refractivity contribution >= 4 is 27.0 Å². The number of hydrogen-bond acceptors (Lipinski definition) is 2. The molecule has 0 aliphatic heterocycles. The average molecular weight is 229 g/mol. The standard InChI is InChI=1S/C8H8BrN3/c1-5-3-6(9)8-7(4-5)10-12(2)11-8/h3-4H,1-2H3/i2D3. The molecule has 0 amide bonds. The molecular weight excluding hydrogens is 218 g/mol. The molecule has 2 rings (SSSR count). The average Bonchev–Trinajstić information content (AvgIpc) is 2.46. The van der Waals surface area contributed by atoms with Crippen LogP contribution in [0.2, 0.25) is 0 Å². The third-order valence-electron chi connectivity index (χ3n) is 1.58. The zero-order chi connectivity index (χ0) is 11.2. The highest BCUT2D eigenvalue weighted by Gasteiger charge is 2.04. The molecule has 2 aromatic rings. The topological polar surface area (TPSA) is 30.7 Å². The minimum Gasteiger partial charge on any atom is -0.187 e. The van der Waals surface area contributed by atoms with Crippen LogP contribution in [-0.4, -0.2) is 15.0 Å². The molecule has 0 fully saturated rings. The van der Waals surface area contributed by atoms with E-state index in [0.29, 0.717) is 11.0 Å². The lowest BCUT2D eigenvalue weighted by Crippen LogP contribution is -1.90. The van der Waals surface area contributed by atoms with Gasteiger partial charge in [0.05, 0.1) is 0 Å². The van der Waals surface area contributed by atoms with E-state index in [1.165, 1.54) is 0 Å². The Morgan fingerprint density at radius 1 is 1.50 bits per heavy atom. The molecule has 0 atom stereocenters. The van der Waals surface area contributed by atoms with Gasteiger partial charge in [0.25, 0.3) is 0 Å². The Hall–Kier alpha value is -0.900. The Labute approximate surface area is 82.7 Å². The maximum Gasteiger partial charge on any atom is 0.127 e. The Balaban J connectivity index is 2.71. The van der Waals surface area contributed by atoms with Crippen molar-refractivity contribution in [3.05, 3.63) is 22.2 Å². The molecule has 3 nitrogen and oxygen atoms in total. The monoisotopic (exact) mass is 228 g/mol. The molecule has 0 saturated carbocycles. The number of halogens is 1. The van der Waals surface area contributed by atoms with Crippen molar-refractivity contribution < 1.29 is 4.11 Å². The molecule has 4 heteroatoms. The molecule has 12 heavy (non-hydrogen) atoms. The van der Waals surface area contributed by atoms with Gasteiger partial charge >= 0.3 is 0 Å². The maximum atomic E-state index is 7.19. The SMILES string of the molecule is [2H]C([2H])([2H])n1nc2cc(C)cc(Br)c2n1. The molecule has 1 aromatic carbocycles. The first-order chi connectivity index (χ1) is 6.88. The van der Waals surface area contributed by atoms with Gasteiger partial charge in [0, 0.05) is 15.6 Å². The highest BCUT2D eigenvalue weighted by Crippen LogP contribution is 2.21. The highest BCUT2D eigenvalue weighted by atomic mass is 79.9. The number of aromatic nitrogens is 3. The fraction of sp³-hybridized carbons (Fsp3) is 0.250. The predicted molar refractivity (Wildman–Crippen MR) is 50.9 cm³/mol. The van der Waals surface area contributed by atoms with Crippen molar-refractivity contribution in [3.8, 4) is 0 Å². The number of benzene rings is 1. The highest BCUT2D eigenvalue weighted by molar-refractivity contribution is 9.10. The molecule has 0 radical (unpaired) electrons. The summed E-state index contributed by atoms with van der Waals surface area (Å²) < 4.78 is 22.3. The summed E-state index contributed by atoms with van der Waals surface area (Å²) in [5.41, 5.74) is 2.15. The number of rotatable bonds is 0. The quantitative estimate of drug-likeness (QED) is 0.692. The van der Waals surface area contributed by atoms with E-state index >= 15 is 0 Å². The van der Waals surface area contributed by atoms with Crippen LogP contribution in [0.25, 0.3) is 11.0 Å². The Bertz CT molecular complexity index is 518. The predicted octanol–water partition coefficient (Wildman–Crippen LogP) is 2.04. The third-order valence-corrected chi connectivity index (χ3v) is 2.19. The maximum absolute atomic E-state index is 7.19. The van der Waals surface area contributed by atoms with Crippen LogP contribution in [0.1, 0.15) is 9.68 Å². The third kappa shape index (κ3) is 1.12. The van der Waals surface area contributed by atoms with Crippen LogP contribution in [0.3, 0.4) is 0 Å². The molecule has 62 valence electrons. The molecule has 0 bridgehead atoms. The smallest absolute Gasteiger partial charge is 0.127 e. The molecule has 1 aromatic heterocycles. The van der Waals surface area contributed by atoms with Crippen molar-refractivity contribution in [1.29, 1.82) is 0 Å². The van der Waals surface area contributed by atoms with Crippen molar-refractivity contribution in [3.63, 3.8) is 0 Å². The van der Waals surface area contributed by atoms with Crippen LogP contribution in [0, 0.1) is 6.92 Å². The van der Waals surface area contributed by atoms with Gasteiger partial charge in [-0.2, -0.15) is 15.0 Å². The molecule has 0 unspecified atom stereocenters. The van der Waals surface area contributed by atoms with Crippen LogP contribution < -0.4 is 0 Å². The van der Waals surface area contributed by atoms with Gasteiger partial charge in [-0.3, -0.25) is 0 Å². The summed E-state index contributed by atoms with van der Waals surface area (Å²) in [6.45, 7) is -0.412. The van der Waals surface area contributed by atoms with Gasteiger partial charge < -0.3 is 0 Å². The van der Waals surface area contributed by atoms with E-state index in [1.54, 1.807) is 6.07 Å². The van der Waals surface area contributed by atoms with E-state index in [-0.39, 0.29) is 0 Å². The molecule has 0 spiro atoms. The molecule has 0 aliphatic rings. The first-order valence-corrected chi connectivity index (χ1v) is 4.21. The van der Waals surface area contributed by atoms with Crippen molar-refractivity contribution in [2.24, 2.45) is 6.98 Å². The van der Waals surface area contributed by atoms with Gasteiger partial charge in [-0.25, -0.2) is 0 Å². The number of fused-ring (bicyclic) bond motifs is 1. The van der Waals surface area contributed by atoms with E-state index in [0.717, 1.165) is 14.8 Å². The molecule has 0 N–H and O–H groups in total. The first kappa shape index (κ1) is 4.97. The molecule has 0 saturated heterocycles. The Morgan fingerprint density at radius 2 is 2.33 bits per heavy atom. The summed E-state index contributed by atoms with van der Waals surface area (Å²) in [7, 11) is 0. The minimum absolute atomic E-state index is 0.566. The van der Waals surface area contributed by atoms with Crippen LogP contribution in [-0.2, 0) is 6.98 Å². The van der Waals surface area contributed by atoms with Crippen molar-refractivity contribution in [2.45, 2.75) is 6.92 Å². The number of aryl methyl sites for hydroxylation is 2. The van der Waals surface area contributed by atoms with E-state index in [2.05, 4.69) is 26.1 Å². The Morgan fingerprint density at radius 3 is 3.08 bits per heavy atom. The lowest BCUT2D eigenvalue weighted by Gasteiger charge is -1.92. The lowest BCUT2D eigenvalue weighted by molar-refractivity contribution is 0.665. The normalized spacial score (nSPS) is 15.7. The zero-order valence-electron chi connectivity index (χ0n) is 9.37. The minimum atomic E-state index is -2.33. The van der Waals surface area contributed by atoms with Crippen LogP contribution >= 0.6 is 15.9 Å². The zero-order valence-corrected chi connectivity index (χ0v) is 7.96. The fourth-order valence-electron chi connectivity index (χ4n) is 1.11. The van der Waals surface area contributed by atoms with Gasteiger partial charge in [-0.15, -0.1) is 0 Å². The van der Waals surface area contributed by atoms with Gasteiger partial charge in [-0.05, 0) is 40.5 Å². The van der Waals surface area contributed by atoms with Crippen LogP contribution in [0.4, 0.5) is 0 Å². The fourth-order valence-corrected chi connectivity index (χ4v) is 1.75. The first-order valence-electron chi connectivity index (χ1n) is 4.91. The Kier molecular flexibility index (Phi) is 1.06. The lowest BCUT2D eigenvalue weighted by atomic mass is 10.2. The van der Waals surface area contributed by atoms with E-state index in [4.69, 9.17) is 4.11 Å². The van der Waals surface area contributed by atoms with Crippen LogP contribution in [0.15, 0.2) is 16.6 Å². The van der Waals surface area contributed by atoms with E-state index in [9.17, 15) is 0 Å². The van der Waals surface area contributed by atoms with E-state index in [1.807, 2.05) is 13.0 Å². The number of nitrogens with zero attached hydrogens (tertiary/aromatic N) is 3. The number of hydrogen-bond donors (Lipinski definition) is 0. The summed E-state index contributed by atoms with van der Waals surface area (Å²) in [5, 5.41) is 7.84. The van der Waals surface area contributed by atoms with E-state index < -0.39 is 6.98 Å². The van der Waals surface area contributed by atoms with Crippen molar-refractivity contribution in [2.75, 3.05) is 0 Å². The second-order valence-electron chi connectivity index (χ2n) is 2.60. The second kappa shape index (κ2) is 2.55. The molecule has 0 aliphatic carbocycles. The van der Waals surface area contributed by atoms with Gasteiger partial charge in [0.2, 0.25) is 0 Å². The molecule has 1 heterocycles. The summed E-state index contributed by atoms with van der Waals surface area (Å²) in [4.78, 5) is 0.766. The van der Waals surface area contributed by atoms with Crippen LogP contribution in [0.5, 0.6) is 0 Å². The molecular formula is C8H8BrN3. The summed E-state index contributed by atoms with van der Waals surface area (Å²) in [6, 6.07) is 3.68. The summed E-state index contributed by atoms with van der Waals surface area (Å²) >= 11 is 3.33. The second-order valence-corrected chi connectivity index (χ2v) is 3.46. The van der Waals surface area contributed by atoms with Crippen molar-refractivity contribution in [1.82, 2.24) is 15.0 Å². The van der Waals surface area contributed by atoms with Gasteiger partial charge in [-0.1, -0.05) is 0 Å².